The van der Waals surface area contributed by atoms with Crippen molar-refractivity contribution < 1.29 is 13.9 Å². The standard InChI is InChI=1S/C18H20FN3O2S/c1-2-3-12-24-16-10-4-13(5-11-16)17(23)21-22-18(25)20-15-8-6-14(19)7-9-15/h4-11H,2-3,12H2,1H3,(H,21,23)(H2,20,22,25). The van der Waals surface area contributed by atoms with E-state index in [1.54, 1.807) is 36.4 Å². The van der Waals surface area contributed by atoms with Gasteiger partial charge in [0.15, 0.2) is 5.11 Å². The zero-order chi connectivity index (χ0) is 18.1. The zero-order valence-corrected chi connectivity index (χ0v) is 14.7. The monoisotopic (exact) mass is 361 g/mol. The number of nitrogens with one attached hydrogen (secondary N) is 3. The molecule has 25 heavy (non-hydrogen) atoms. The third-order valence-electron chi connectivity index (χ3n) is 3.27. The lowest BCUT2D eigenvalue weighted by atomic mass is 10.2. The molecule has 0 saturated heterocycles. The molecule has 5 nitrogen and oxygen atoms in total. The average Bonchev–Trinajstić information content (AvgIpc) is 2.62. The summed E-state index contributed by atoms with van der Waals surface area (Å²) in [5.74, 6) is 0.0645. The predicted octanol–water partition coefficient (Wildman–Crippen LogP) is 3.64. The molecular formula is C18H20FN3O2S. The van der Waals surface area contributed by atoms with Gasteiger partial charge in [-0.2, -0.15) is 0 Å². The number of carbonyl (C=O) groups excluding carboxylic acids is 1. The van der Waals surface area contributed by atoms with Gasteiger partial charge in [0.1, 0.15) is 11.6 Å². The van der Waals surface area contributed by atoms with Crippen molar-refractivity contribution >= 4 is 28.9 Å². The van der Waals surface area contributed by atoms with Crippen molar-refractivity contribution in [3.63, 3.8) is 0 Å². The molecule has 0 aromatic heterocycles. The Bertz CT molecular complexity index is 705. The topological polar surface area (TPSA) is 62.4 Å². The highest BCUT2D eigenvalue weighted by Gasteiger charge is 2.06. The number of hydrogen-bond acceptors (Lipinski definition) is 3. The first-order valence-electron chi connectivity index (χ1n) is 7.94. The van der Waals surface area contributed by atoms with Crippen LogP contribution in [0.15, 0.2) is 48.5 Å². The minimum absolute atomic E-state index is 0.194. The first kappa shape index (κ1) is 18.7. The maximum atomic E-state index is 12.8. The molecule has 0 bridgehead atoms. The molecule has 0 atom stereocenters. The highest BCUT2D eigenvalue weighted by molar-refractivity contribution is 7.80. The highest BCUT2D eigenvalue weighted by atomic mass is 32.1. The summed E-state index contributed by atoms with van der Waals surface area (Å²) in [4.78, 5) is 12.1. The van der Waals surface area contributed by atoms with Crippen LogP contribution in [0.1, 0.15) is 30.1 Å². The van der Waals surface area contributed by atoms with E-state index >= 15 is 0 Å². The molecular weight excluding hydrogens is 341 g/mol. The Balaban J connectivity index is 1.79. The van der Waals surface area contributed by atoms with Crippen molar-refractivity contribution in [1.29, 1.82) is 0 Å². The van der Waals surface area contributed by atoms with E-state index in [9.17, 15) is 9.18 Å². The van der Waals surface area contributed by atoms with Crippen LogP contribution in [0, 0.1) is 5.82 Å². The van der Waals surface area contributed by atoms with Crippen LogP contribution in [0.3, 0.4) is 0 Å². The lowest BCUT2D eigenvalue weighted by molar-refractivity contribution is 0.0944. The van der Waals surface area contributed by atoms with Crippen molar-refractivity contribution in [1.82, 2.24) is 10.9 Å². The smallest absolute Gasteiger partial charge is 0.269 e. The molecule has 0 spiro atoms. The van der Waals surface area contributed by atoms with Crippen LogP contribution in [0.25, 0.3) is 0 Å². The molecule has 2 aromatic carbocycles. The second-order valence-electron chi connectivity index (χ2n) is 5.27. The van der Waals surface area contributed by atoms with Gasteiger partial charge in [-0.3, -0.25) is 15.6 Å². The molecule has 2 aromatic rings. The molecule has 0 aliphatic rings. The van der Waals surface area contributed by atoms with Crippen LogP contribution in [-0.2, 0) is 0 Å². The minimum Gasteiger partial charge on any atom is -0.494 e. The van der Waals surface area contributed by atoms with Crippen LogP contribution in [0.2, 0.25) is 0 Å². The number of thiocarbonyl (C=S) groups is 1. The zero-order valence-electron chi connectivity index (χ0n) is 13.8. The Labute approximate surface area is 151 Å². The molecule has 0 aliphatic heterocycles. The van der Waals surface area contributed by atoms with Crippen LogP contribution < -0.4 is 20.9 Å². The number of anilines is 1. The molecule has 7 heteroatoms. The number of benzene rings is 2. The fraction of sp³-hybridized carbons (Fsp3) is 0.222. The van der Waals surface area contributed by atoms with Gasteiger partial charge in [0.2, 0.25) is 0 Å². The Morgan fingerprint density at radius 3 is 2.40 bits per heavy atom. The Kier molecular flexibility index (Phi) is 7.16. The maximum Gasteiger partial charge on any atom is 0.269 e. The number of ether oxygens (including phenoxy) is 1. The van der Waals surface area contributed by atoms with Gasteiger partial charge in [0, 0.05) is 11.3 Å². The first-order valence-corrected chi connectivity index (χ1v) is 8.35. The third kappa shape index (κ3) is 6.39. The highest BCUT2D eigenvalue weighted by Crippen LogP contribution is 2.12. The number of hydrazine groups is 1. The third-order valence-corrected chi connectivity index (χ3v) is 3.48. The van der Waals surface area contributed by atoms with Gasteiger partial charge < -0.3 is 10.1 Å². The minimum atomic E-state index is -0.333. The van der Waals surface area contributed by atoms with Crippen molar-refractivity contribution in [3.05, 3.63) is 59.9 Å². The average molecular weight is 361 g/mol. The van der Waals surface area contributed by atoms with E-state index in [0.717, 1.165) is 18.6 Å². The molecule has 1 amide bonds. The van der Waals surface area contributed by atoms with Crippen molar-refractivity contribution in [2.24, 2.45) is 0 Å². The number of hydrogen-bond donors (Lipinski definition) is 3. The Morgan fingerprint density at radius 1 is 1.08 bits per heavy atom. The molecule has 0 radical (unpaired) electrons. The van der Waals surface area contributed by atoms with Gasteiger partial charge in [0.05, 0.1) is 6.61 Å². The number of rotatable bonds is 6. The number of carbonyl (C=O) groups is 1. The maximum absolute atomic E-state index is 12.8. The molecule has 0 saturated carbocycles. The lowest BCUT2D eigenvalue weighted by Crippen LogP contribution is -2.43. The summed E-state index contributed by atoms with van der Waals surface area (Å²) in [6.45, 7) is 2.76. The van der Waals surface area contributed by atoms with Crippen LogP contribution in [0.4, 0.5) is 10.1 Å². The van der Waals surface area contributed by atoms with E-state index in [-0.39, 0.29) is 16.8 Å². The van der Waals surface area contributed by atoms with Crippen LogP contribution in [0.5, 0.6) is 5.75 Å². The summed E-state index contributed by atoms with van der Waals surface area (Å²) in [6, 6.07) is 12.6. The van der Waals surface area contributed by atoms with Gasteiger partial charge in [-0.15, -0.1) is 0 Å². The second-order valence-corrected chi connectivity index (χ2v) is 5.67. The van der Waals surface area contributed by atoms with Crippen molar-refractivity contribution in [2.75, 3.05) is 11.9 Å². The van der Waals surface area contributed by atoms with Gasteiger partial charge in [-0.25, -0.2) is 4.39 Å². The molecule has 0 aliphatic carbocycles. The van der Waals surface area contributed by atoms with Crippen LogP contribution in [-0.4, -0.2) is 17.6 Å². The summed E-state index contributed by atoms with van der Waals surface area (Å²) in [5, 5.41) is 3.03. The van der Waals surface area contributed by atoms with E-state index in [1.807, 2.05) is 0 Å². The van der Waals surface area contributed by atoms with Gasteiger partial charge >= 0.3 is 0 Å². The molecule has 0 heterocycles. The van der Waals surface area contributed by atoms with Gasteiger partial charge in [-0.05, 0) is 67.2 Å². The van der Waals surface area contributed by atoms with E-state index in [2.05, 4.69) is 23.1 Å². The number of unbranched alkanes of at least 4 members (excludes halogenated alkanes) is 1. The summed E-state index contributed by atoms with van der Waals surface area (Å²) in [5.41, 5.74) is 6.18. The summed E-state index contributed by atoms with van der Waals surface area (Å²) < 4.78 is 18.4. The molecule has 2 rings (SSSR count). The fourth-order valence-corrected chi connectivity index (χ4v) is 2.09. The Morgan fingerprint density at radius 2 is 1.76 bits per heavy atom. The van der Waals surface area contributed by atoms with E-state index < -0.39 is 0 Å². The molecule has 0 unspecified atom stereocenters. The van der Waals surface area contributed by atoms with E-state index in [4.69, 9.17) is 17.0 Å². The van der Waals surface area contributed by atoms with Gasteiger partial charge in [-0.1, -0.05) is 13.3 Å². The normalized spacial score (nSPS) is 10.0. The van der Waals surface area contributed by atoms with E-state index in [1.165, 1.54) is 12.1 Å². The Hall–Kier alpha value is -2.67. The summed E-state index contributed by atoms with van der Waals surface area (Å²) in [6.07, 6.45) is 2.06. The number of amides is 1. The second kappa shape index (κ2) is 9.58. The van der Waals surface area contributed by atoms with Crippen molar-refractivity contribution in [2.45, 2.75) is 19.8 Å². The summed E-state index contributed by atoms with van der Waals surface area (Å²) in [7, 11) is 0. The van der Waals surface area contributed by atoms with Gasteiger partial charge in [0.25, 0.3) is 5.91 Å². The first-order chi connectivity index (χ1) is 12.1. The van der Waals surface area contributed by atoms with Crippen molar-refractivity contribution in [3.8, 4) is 5.75 Å². The largest absolute Gasteiger partial charge is 0.494 e. The predicted molar refractivity (Wildman–Crippen MR) is 100 cm³/mol. The molecule has 3 N–H and O–H groups in total. The quantitative estimate of drug-likeness (QED) is 0.417. The summed E-state index contributed by atoms with van der Waals surface area (Å²) >= 11 is 5.07. The number of halogens is 1. The van der Waals surface area contributed by atoms with Crippen LogP contribution >= 0.6 is 12.2 Å². The molecule has 132 valence electrons. The van der Waals surface area contributed by atoms with E-state index in [0.29, 0.717) is 17.9 Å². The lowest BCUT2D eigenvalue weighted by Gasteiger charge is -2.12. The fourth-order valence-electron chi connectivity index (χ4n) is 1.92. The SMILES string of the molecule is CCCCOc1ccc(C(=O)NNC(=S)Nc2ccc(F)cc2)cc1. The molecule has 0 fully saturated rings.